The maximum atomic E-state index is 12.2. The van der Waals surface area contributed by atoms with Crippen molar-refractivity contribution in [1.82, 2.24) is 15.1 Å². The fourth-order valence-electron chi connectivity index (χ4n) is 3.33. The van der Waals surface area contributed by atoms with Gasteiger partial charge in [-0.1, -0.05) is 6.42 Å². The van der Waals surface area contributed by atoms with Crippen molar-refractivity contribution < 1.29 is 9.59 Å². The van der Waals surface area contributed by atoms with Gasteiger partial charge in [-0.25, -0.2) is 0 Å². The second-order valence-corrected chi connectivity index (χ2v) is 6.44. The van der Waals surface area contributed by atoms with Gasteiger partial charge in [0.25, 0.3) is 0 Å². The van der Waals surface area contributed by atoms with Crippen LogP contribution in [0.25, 0.3) is 0 Å². The predicted molar refractivity (Wildman–Crippen MR) is 76.2 cm³/mol. The Hall–Kier alpha value is -0.940. The molecular weight excluding hydrogens is 254 g/mol. The third-order valence-electron chi connectivity index (χ3n) is 4.77. The topological polar surface area (TPSA) is 52.7 Å². The standard InChI is InChI=1S/C15H25N3O2/c1-11(17-7-3-2-4-8-17)10-16-13-9-14(19)18(15(13)20)12-5-6-12/h11-13,16H,2-10H2,1H3. The number of nitrogens with zero attached hydrogens (tertiary/aromatic N) is 2. The van der Waals surface area contributed by atoms with E-state index in [2.05, 4.69) is 17.1 Å². The van der Waals surface area contributed by atoms with Crippen LogP contribution in [-0.4, -0.2) is 59.4 Å². The lowest BCUT2D eigenvalue weighted by molar-refractivity contribution is -0.139. The number of amides is 2. The number of hydrogen-bond acceptors (Lipinski definition) is 4. The molecule has 2 unspecified atom stereocenters. The van der Waals surface area contributed by atoms with Gasteiger partial charge >= 0.3 is 0 Å². The zero-order valence-corrected chi connectivity index (χ0v) is 12.3. The summed E-state index contributed by atoms with van der Waals surface area (Å²) in [5.74, 6) is 0.0176. The van der Waals surface area contributed by atoms with Crippen molar-refractivity contribution in [1.29, 1.82) is 0 Å². The van der Waals surface area contributed by atoms with Gasteiger partial charge in [-0.05, 0) is 45.7 Å². The first-order chi connectivity index (χ1) is 9.66. The number of rotatable bonds is 5. The number of piperidine rings is 1. The average Bonchev–Trinajstić information content (AvgIpc) is 3.24. The van der Waals surface area contributed by atoms with Gasteiger partial charge in [0.1, 0.15) is 0 Å². The Kier molecular flexibility index (Phi) is 4.08. The lowest BCUT2D eigenvalue weighted by Crippen LogP contribution is -2.47. The van der Waals surface area contributed by atoms with Crippen LogP contribution in [0.4, 0.5) is 0 Å². The summed E-state index contributed by atoms with van der Waals surface area (Å²) in [6.45, 7) is 5.32. The molecule has 3 fully saturated rings. The molecule has 0 radical (unpaired) electrons. The van der Waals surface area contributed by atoms with Crippen LogP contribution in [0.2, 0.25) is 0 Å². The number of hydrogen-bond donors (Lipinski definition) is 1. The van der Waals surface area contributed by atoms with E-state index in [0.717, 1.165) is 32.5 Å². The van der Waals surface area contributed by atoms with E-state index in [9.17, 15) is 9.59 Å². The summed E-state index contributed by atoms with van der Waals surface area (Å²) in [6, 6.07) is 0.366. The minimum atomic E-state index is -0.282. The highest BCUT2D eigenvalue weighted by Crippen LogP contribution is 2.31. The Morgan fingerprint density at radius 1 is 1.20 bits per heavy atom. The van der Waals surface area contributed by atoms with Crippen molar-refractivity contribution in [3.8, 4) is 0 Å². The highest BCUT2D eigenvalue weighted by molar-refractivity contribution is 6.06. The maximum absolute atomic E-state index is 12.2. The quantitative estimate of drug-likeness (QED) is 0.754. The van der Waals surface area contributed by atoms with Crippen molar-refractivity contribution in [2.75, 3.05) is 19.6 Å². The lowest BCUT2D eigenvalue weighted by atomic mass is 10.1. The highest BCUT2D eigenvalue weighted by atomic mass is 16.2. The Bertz CT molecular complexity index is 389. The van der Waals surface area contributed by atoms with Crippen LogP contribution in [-0.2, 0) is 9.59 Å². The summed E-state index contributed by atoms with van der Waals surface area (Å²) >= 11 is 0. The Morgan fingerprint density at radius 3 is 2.55 bits per heavy atom. The fraction of sp³-hybridized carbons (Fsp3) is 0.867. The lowest BCUT2D eigenvalue weighted by Gasteiger charge is -2.32. The van der Waals surface area contributed by atoms with E-state index in [1.165, 1.54) is 24.2 Å². The molecule has 2 atom stereocenters. The first kappa shape index (κ1) is 14.0. The molecule has 0 aromatic heterocycles. The van der Waals surface area contributed by atoms with Gasteiger partial charge in [0, 0.05) is 18.6 Å². The van der Waals surface area contributed by atoms with Crippen molar-refractivity contribution >= 4 is 11.8 Å². The average molecular weight is 279 g/mol. The predicted octanol–water partition coefficient (Wildman–Crippen LogP) is 0.740. The smallest absolute Gasteiger partial charge is 0.247 e. The first-order valence-corrected chi connectivity index (χ1v) is 8.00. The second kappa shape index (κ2) is 5.82. The number of nitrogens with one attached hydrogen (secondary N) is 1. The van der Waals surface area contributed by atoms with Crippen LogP contribution in [0.15, 0.2) is 0 Å². The van der Waals surface area contributed by atoms with E-state index in [1.54, 1.807) is 0 Å². The number of likely N-dealkylation sites (tertiary alicyclic amines) is 2. The Labute approximate surface area is 120 Å². The molecule has 2 heterocycles. The fourth-order valence-corrected chi connectivity index (χ4v) is 3.33. The highest BCUT2D eigenvalue weighted by Gasteiger charge is 2.45. The molecule has 1 N–H and O–H groups in total. The third-order valence-corrected chi connectivity index (χ3v) is 4.77. The number of carbonyl (C=O) groups is 2. The minimum absolute atomic E-state index is 0.00310. The summed E-state index contributed by atoms with van der Waals surface area (Å²) < 4.78 is 0. The molecule has 112 valence electrons. The van der Waals surface area contributed by atoms with Gasteiger partial charge in [-0.15, -0.1) is 0 Å². The molecule has 20 heavy (non-hydrogen) atoms. The van der Waals surface area contributed by atoms with E-state index >= 15 is 0 Å². The van der Waals surface area contributed by atoms with E-state index in [0.29, 0.717) is 12.5 Å². The van der Waals surface area contributed by atoms with Gasteiger partial charge in [-0.2, -0.15) is 0 Å². The first-order valence-electron chi connectivity index (χ1n) is 8.00. The third kappa shape index (κ3) is 2.88. The van der Waals surface area contributed by atoms with Gasteiger partial charge in [0.15, 0.2) is 0 Å². The Morgan fingerprint density at radius 2 is 1.90 bits per heavy atom. The number of imide groups is 1. The molecule has 5 nitrogen and oxygen atoms in total. The summed E-state index contributed by atoms with van der Waals surface area (Å²) in [7, 11) is 0. The van der Waals surface area contributed by atoms with Crippen LogP contribution < -0.4 is 5.32 Å². The normalized spacial score (nSPS) is 30.1. The molecule has 2 amide bonds. The summed E-state index contributed by atoms with van der Waals surface area (Å²) in [6.07, 6.45) is 6.23. The van der Waals surface area contributed by atoms with Crippen LogP contribution in [0.1, 0.15) is 45.4 Å². The molecule has 0 aromatic carbocycles. The van der Waals surface area contributed by atoms with Crippen LogP contribution in [0.3, 0.4) is 0 Å². The molecule has 5 heteroatoms. The monoisotopic (exact) mass is 279 g/mol. The largest absolute Gasteiger partial charge is 0.304 e. The SMILES string of the molecule is CC(CNC1CC(=O)N(C2CC2)C1=O)N1CCCCC1. The Balaban J connectivity index is 1.48. The van der Waals surface area contributed by atoms with Crippen LogP contribution >= 0.6 is 0 Å². The molecule has 1 aliphatic carbocycles. The molecular formula is C15H25N3O2. The molecule has 0 aromatic rings. The van der Waals surface area contributed by atoms with Gasteiger partial charge in [0.05, 0.1) is 12.5 Å². The zero-order valence-electron chi connectivity index (χ0n) is 12.3. The molecule has 0 spiro atoms. The van der Waals surface area contributed by atoms with Crippen LogP contribution in [0.5, 0.6) is 0 Å². The van der Waals surface area contributed by atoms with Gasteiger partial charge in [0.2, 0.25) is 11.8 Å². The van der Waals surface area contributed by atoms with Crippen molar-refractivity contribution in [2.24, 2.45) is 0 Å². The maximum Gasteiger partial charge on any atom is 0.247 e. The molecule has 3 aliphatic rings. The zero-order chi connectivity index (χ0) is 14.1. The molecule has 2 saturated heterocycles. The molecule has 0 bridgehead atoms. The van der Waals surface area contributed by atoms with E-state index in [1.807, 2.05) is 0 Å². The van der Waals surface area contributed by atoms with Crippen molar-refractivity contribution in [3.05, 3.63) is 0 Å². The van der Waals surface area contributed by atoms with Gasteiger partial charge < -0.3 is 5.32 Å². The second-order valence-electron chi connectivity index (χ2n) is 6.44. The minimum Gasteiger partial charge on any atom is -0.304 e. The summed E-state index contributed by atoms with van der Waals surface area (Å²) in [5, 5.41) is 3.32. The van der Waals surface area contributed by atoms with Crippen molar-refractivity contribution in [3.63, 3.8) is 0 Å². The molecule has 1 saturated carbocycles. The van der Waals surface area contributed by atoms with Crippen molar-refractivity contribution in [2.45, 2.75) is 63.6 Å². The van der Waals surface area contributed by atoms with E-state index in [-0.39, 0.29) is 23.9 Å². The molecule has 3 rings (SSSR count). The number of carbonyl (C=O) groups excluding carboxylic acids is 2. The van der Waals surface area contributed by atoms with E-state index < -0.39 is 0 Å². The summed E-state index contributed by atoms with van der Waals surface area (Å²) in [5.41, 5.74) is 0. The van der Waals surface area contributed by atoms with E-state index in [4.69, 9.17) is 0 Å². The van der Waals surface area contributed by atoms with Gasteiger partial charge in [-0.3, -0.25) is 19.4 Å². The molecule has 2 aliphatic heterocycles. The van der Waals surface area contributed by atoms with Crippen LogP contribution in [0, 0.1) is 0 Å². The summed E-state index contributed by atoms with van der Waals surface area (Å²) in [4.78, 5) is 28.1.